The molecule has 2 rings (SSSR count). The number of aliphatic hydroxyl groups is 1. The van der Waals surface area contributed by atoms with Gasteiger partial charge in [0.05, 0.1) is 0 Å². The van der Waals surface area contributed by atoms with E-state index in [0.717, 1.165) is 12.8 Å². The van der Waals surface area contributed by atoms with Crippen LogP contribution in [0.4, 0.5) is 0 Å². The van der Waals surface area contributed by atoms with Gasteiger partial charge in [-0.1, -0.05) is 0 Å². The largest absolute Gasteiger partial charge is 0.480 e. The molecular formula is C11H17NO4. The quantitative estimate of drug-likeness (QED) is 0.616. The van der Waals surface area contributed by atoms with Gasteiger partial charge in [0.2, 0.25) is 5.91 Å². The highest BCUT2D eigenvalue weighted by molar-refractivity contribution is 5.85. The average molecular weight is 227 g/mol. The van der Waals surface area contributed by atoms with Gasteiger partial charge in [0.25, 0.3) is 0 Å². The van der Waals surface area contributed by atoms with Crippen LogP contribution in [0.25, 0.3) is 0 Å². The van der Waals surface area contributed by atoms with Crippen LogP contribution in [0.15, 0.2) is 0 Å². The van der Waals surface area contributed by atoms with E-state index in [2.05, 4.69) is 5.32 Å². The van der Waals surface area contributed by atoms with Crippen molar-refractivity contribution in [2.45, 2.75) is 31.7 Å². The molecule has 0 spiro atoms. The van der Waals surface area contributed by atoms with Gasteiger partial charge in [0.1, 0.15) is 6.04 Å². The summed E-state index contributed by atoms with van der Waals surface area (Å²) < 4.78 is 0. The number of rotatable bonds is 5. The number of fused-ring (bicyclic) bond motifs is 1. The van der Waals surface area contributed by atoms with Crippen LogP contribution in [0.5, 0.6) is 0 Å². The summed E-state index contributed by atoms with van der Waals surface area (Å²) in [7, 11) is 0. The fourth-order valence-electron chi connectivity index (χ4n) is 2.60. The van der Waals surface area contributed by atoms with Crippen molar-refractivity contribution in [1.82, 2.24) is 5.32 Å². The van der Waals surface area contributed by atoms with Crippen LogP contribution >= 0.6 is 0 Å². The maximum absolute atomic E-state index is 11.7. The summed E-state index contributed by atoms with van der Waals surface area (Å²) in [6, 6.07) is -0.950. The Morgan fingerprint density at radius 1 is 1.25 bits per heavy atom. The molecule has 0 saturated heterocycles. The number of hydrogen-bond acceptors (Lipinski definition) is 3. The third-order valence-electron chi connectivity index (χ3n) is 3.65. The minimum atomic E-state index is -1.08. The van der Waals surface area contributed by atoms with Crippen LogP contribution in [0.2, 0.25) is 0 Å². The summed E-state index contributed by atoms with van der Waals surface area (Å²) in [5.74, 6) is 0.164. The van der Waals surface area contributed by atoms with Crippen molar-refractivity contribution in [3.8, 4) is 0 Å². The smallest absolute Gasteiger partial charge is 0.326 e. The molecule has 5 nitrogen and oxygen atoms in total. The predicted molar refractivity (Wildman–Crippen MR) is 55.6 cm³/mol. The van der Waals surface area contributed by atoms with E-state index >= 15 is 0 Å². The first-order valence-electron chi connectivity index (χ1n) is 5.76. The molecule has 3 atom stereocenters. The van der Waals surface area contributed by atoms with E-state index in [1.807, 2.05) is 0 Å². The zero-order valence-electron chi connectivity index (χ0n) is 9.06. The first-order chi connectivity index (χ1) is 7.61. The number of amides is 1. The molecule has 2 fully saturated rings. The third kappa shape index (κ3) is 2.35. The Kier molecular flexibility index (Phi) is 3.14. The van der Waals surface area contributed by atoms with Crippen molar-refractivity contribution in [3.63, 3.8) is 0 Å². The minimum Gasteiger partial charge on any atom is -0.480 e. The monoisotopic (exact) mass is 227 g/mol. The molecule has 0 radical (unpaired) electrons. The maximum atomic E-state index is 11.7. The lowest BCUT2D eigenvalue weighted by Crippen LogP contribution is -2.43. The van der Waals surface area contributed by atoms with Crippen LogP contribution in [0.3, 0.4) is 0 Å². The lowest BCUT2D eigenvalue weighted by atomic mass is 10.0. The lowest BCUT2D eigenvalue weighted by molar-refractivity contribution is -0.143. The molecule has 0 aromatic heterocycles. The highest BCUT2D eigenvalue weighted by Gasteiger charge is 2.48. The van der Waals surface area contributed by atoms with Crippen LogP contribution < -0.4 is 5.32 Å². The van der Waals surface area contributed by atoms with E-state index < -0.39 is 12.0 Å². The van der Waals surface area contributed by atoms with Crippen molar-refractivity contribution in [2.24, 2.45) is 17.8 Å². The van der Waals surface area contributed by atoms with Gasteiger partial charge in [0.15, 0.2) is 0 Å². The predicted octanol–water partition coefficient (Wildman–Crippen LogP) is -0.0157. The van der Waals surface area contributed by atoms with Crippen LogP contribution in [0, 0.1) is 17.8 Å². The molecule has 0 heterocycles. The van der Waals surface area contributed by atoms with E-state index in [4.69, 9.17) is 10.2 Å². The second-order valence-corrected chi connectivity index (χ2v) is 4.84. The highest BCUT2D eigenvalue weighted by atomic mass is 16.4. The summed E-state index contributed by atoms with van der Waals surface area (Å²) >= 11 is 0. The molecule has 16 heavy (non-hydrogen) atoms. The Hall–Kier alpha value is -1.10. The second kappa shape index (κ2) is 4.41. The lowest BCUT2D eigenvalue weighted by Gasteiger charge is -2.17. The zero-order valence-corrected chi connectivity index (χ0v) is 9.06. The number of aliphatic hydroxyl groups excluding tert-OH is 1. The van der Waals surface area contributed by atoms with Crippen LogP contribution in [0.1, 0.15) is 25.7 Å². The molecule has 2 saturated carbocycles. The average Bonchev–Trinajstić information content (AvgIpc) is 2.84. The normalized spacial score (nSPS) is 32.9. The molecule has 5 heteroatoms. The molecule has 0 bridgehead atoms. The molecule has 2 aliphatic rings. The van der Waals surface area contributed by atoms with Crippen molar-refractivity contribution in [3.05, 3.63) is 0 Å². The Bertz CT molecular complexity index is 294. The first-order valence-corrected chi connectivity index (χ1v) is 5.76. The Morgan fingerprint density at radius 3 is 2.38 bits per heavy atom. The molecule has 90 valence electrons. The fraction of sp³-hybridized carbons (Fsp3) is 0.818. The Morgan fingerprint density at radius 2 is 1.88 bits per heavy atom. The minimum absolute atomic E-state index is 0.00991. The summed E-state index contributed by atoms with van der Waals surface area (Å²) in [5, 5.41) is 20.0. The van der Waals surface area contributed by atoms with Crippen LogP contribution in [-0.2, 0) is 9.59 Å². The third-order valence-corrected chi connectivity index (χ3v) is 3.65. The Labute approximate surface area is 93.8 Å². The summed E-state index contributed by atoms with van der Waals surface area (Å²) in [6.07, 6.45) is 3.12. The molecular weight excluding hydrogens is 210 g/mol. The molecule has 0 aromatic carbocycles. The second-order valence-electron chi connectivity index (χ2n) is 4.84. The SMILES string of the molecule is O=C(NC(CCO)C(=O)O)C1CC2CC2C1. The van der Waals surface area contributed by atoms with Gasteiger partial charge in [0, 0.05) is 18.9 Å². The summed E-state index contributed by atoms with van der Waals surface area (Å²) in [4.78, 5) is 22.5. The van der Waals surface area contributed by atoms with E-state index in [9.17, 15) is 9.59 Å². The van der Waals surface area contributed by atoms with Gasteiger partial charge in [-0.05, 0) is 31.1 Å². The zero-order chi connectivity index (χ0) is 11.7. The number of hydrogen-bond donors (Lipinski definition) is 3. The fourth-order valence-corrected chi connectivity index (χ4v) is 2.60. The van der Waals surface area contributed by atoms with Gasteiger partial charge in [-0.25, -0.2) is 4.79 Å². The number of carboxylic acid groups (broad SMARTS) is 1. The van der Waals surface area contributed by atoms with E-state index in [1.165, 1.54) is 6.42 Å². The number of carboxylic acids is 1. The number of aliphatic carboxylic acids is 1. The van der Waals surface area contributed by atoms with Crippen LogP contribution in [-0.4, -0.2) is 34.7 Å². The molecule has 0 aromatic rings. The molecule has 3 N–H and O–H groups in total. The standard InChI is InChI=1S/C11H17NO4/c13-2-1-9(11(15)16)12-10(14)8-4-6-3-7(6)5-8/h6-9,13H,1-5H2,(H,12,14)(H,15,16). The topological polar surface area (TPSA) is 86.6 Å². The van der Waals surface area contributed by atoms with E-state index in [1.54, 1.807) is 0 Å². The number of nitrogens with one attached hydrogen (secondary N) is 1. The van der Waals surface area contributed by atoms with Crippen molar-refractivity contribution >= 4 is 11.9 Å². The van der Waals surface area contributed by atoms with Gasteiger partial charge in [-0.3, -0.25) is 4.79 Å². The van der Waals surface area contributed by atoms with Crippen molar-refractivity contribution < 1.29 is 19.8 Å². The maximum Gasteiger partial charge on any atom is 0.326 e. The van der Waals surface area contributed by atoms with Gasteiger partial charge < -0.3 is 15.5 Å². The van der Waals surface area contributed by atoms with Gasteiger partial charge >= 0.3 is 5.97 Å². The summed E-state index contributed by atoms with van der Waals surface area (Å²) in [6.45, 7) is -0.229. The first kappa shape index (κ1) is 11.4. The highest BCUT2D eigenvalue weighted by Crippen LogP contribution is 2.54. The van der Waals surface area contributed by atoms with Gasteiger partial charge in [-0.2, -0.15) is 0 Å². The number of carbonyl (C=O) groups excluding carboxylic acids is 1. The number of carbonyl (C=O) groups is 2. The van der Waals surface area contributed by atoms with Crippen molar-refractivity contribution in [2.75, 3.05) is 6.61 Å². The van der Waals surface area contributed by atoms with Gasteiger partial charge in [-0.15, -0.1) is 0 Å². The molecule has 1 amide bonds. The molecule has 3 unspecified atom stereocenters. The Balaban J connectivity index is 1.82. The molecule has 0 aliphatic heterocycles. The van der Waals surface area contributed by atoms with E-state index in [-0.39, 0.29) is 24.9 Å². The molecule has 2 aliphatic carbocycles. The van der Waals surface area contributed by atoms with Crippen molar-refractivity contribution in [1.29, 1.82) is 0 Å². The summed E-state index contributed by atoms with van der Waals surface area (Å²) in [5.41, 5.74) is 0. The van der Waals surface area contributed by atoms with E-state index in [0.29, 0.717) is 11.8 Å².